The van der Waals surface area contributed by atoms with E-state index in [9.17, 15) is 18.0 Å². The first kappa shape index (κ1) is 17.3. The van der Waals surface area contributed by atoms with Crippen LogP contribution in [0.25, 0.3) is 0 Å². The lowest BCUT2D eigenvalue weighted by molar-refractivity contribution is -0.137. The van der Waals surface area contributed by atoms with Gasteiger partial charge in [-0.1, -0.05) is 17.7 Å². The fourth-order valence-electron chi connectivity index (χ4n) is 2.14. The molecule has 0 amide bonds. The van der Waals surface area contributed by atoms with Gasteiger partial charge in [-0.3, -0.25) is 4.79 Å². The summed E-state index contributed by atoms with van der Waals surface area (Å²) in [5.41, 5.74) is 1.75. The number of nitrogens with zero attached hydrogens (tertiary/aromatic N) is 1. The normalized spacial score (nSPS) is 13.0. The number of carboxylic acid groups (broad SMARTS) is 1. The summed E-state index contributed by atoms with van der Waals surface area (Å²) in [7, 11) is 0. The monoisotopic (exact) mass is 303 g/mol. The van der Waals surface area contributed by atoms with Gasteiger partial charge in [-0.15, -0.1) is 0 Å². The van der Waals surface area contributed by atoms with Crippen molar-refractivity contribution < 1.29 is 23.1 Å². The maximum Gasteiger partial charge on any atom is 0.389 e. The van der Waals surface area contributed by atoms with E-state index in [1.54, 1.807) is 24.0 Å². The second kappa shape index (κ2) is 7.33. The molecular weight excluding hydrogens is 283 g/mol. The molecule has 0 saturated carbocycles. The van der Waals surface area contributed by atoms with Crippen molar-refractivity contribution in [2.24, 2.45) is 0 Å². The average Bonchev–Trinajstić information content (AvgIpc) is 2.35. The fraction of sp³-hybridized carbons (Fsp3) is 0.533. The molecule has 0 saturated heterocycles. The van der Waals surface area contributed by atoms with Gasteiger partial charge in [0.25, 0.3) is 0 Å². The Balaban J connectivity index is 2.72. The largest absolute Gasteiger partial charge is 0.480 e. The predicted molar refractivity (Wildman–Crippen MR) is 75.5 cm³/mol. The molecule has 0 spiro atoms. The molecule has 0 aromatic heterocycles. The van der Waals surface area contributed by atoms with Crippen molar-refractivity contribution in [2.75, 3.05) is 11.4 Å². The molecule has 21 heavy (non-hydrogen) atoms. The third-order valence-corrected chi connectivity index (χ3v) is 3.29. The van der Waals surface area contributed by atoms with Crippen LogP contribution in [0.15, 0.2) is 24.3 Å². The fourth-order valence-corrected chi connectivity index (χ4v) is 2.14. The second-order valence-corrected chi connectivity index (χ2v) is 5.21. The van der Waals surface area contributed by atoms with E-state index in [0.717, 1.165) is 5.56 Å². The molecule has 0 aliphatic carbocycles. The molecule has 1 rings (SSSR count). The first-order valence-corrected chi connectivity index (χ1v) is 6.81. The standard InChI is InChI=1S/C15H20F3NO2/c1-11-5-7-13(8-6-11)19(10-14(20)21)12(2)4-3-9-15(16,17)18/h5-8,12H,3-4,9-10H2,1-2H3,(H,20,21). The van der Waals surface area contributed by atoms with Gasteiger partial charge >= 0.3 is 12.1 Å². The third kappa shape index (κ3) is 6.51. The number of anilines is 1. The quantitative estimate of drug-likeness (QED) is 0.827. The van der Waals surface area contributed by atoms with Crippen LogP contribution in [0, 0.1) is 6.92 Å². The number of alkyl halides is 3. The maximum atomic E-state index is 12.2. The molecule has 1 unspecified atom stereocenters. The van der Waals surface area contributed by atoms with Gasteiger partial charge in [0.2, 0.25) is 0 Å². The summed E-state index contributed by atoms with van der Waals surface area (Å²) in [5, 5.41) is 8.98. The van der Waals surface area contributed by atoms with Crippen molar-refractivity contribution in [3.8, 4) is 0 Å². The third-order valence-electron chi connectivity index (χ3n) is 3.29. The molecule has 118 valence electrons. The van der Waals surface area contributed by atoms with E-state index in [4.69, 9.17) is 5.11 Å². The molecule has 0 radical (unpaired) electrons. The highest BCUT2D eigenvalue weighted by atomic mass is 19.4. The van der Waals surface area contributed by atoms with Crippen molar-refractivity contribution in [1.82, 2.24) is 0 Å². The minimum Gasteiger partial charge on any atom is -0.480 e. The predicted octanol–water partition coefficient (Wildman–Crippen LogP) is 4.01. The van der Waals surface area contributed by atoms with Gasteiger partial charge in [-0.2, -0.15) is 13.2 Å². The zero-order valence-corrected chi connectivity index (χ0v) is 12.2. The molecule has 1 atom stereocenters. The smallest absolute Gasteiger partial charge is 0.389 e. The second-order valence-electron chi connectivity index (χ2n) is 5.21. The Kier molecular flexibility index (Phi) is 6.05. The Hall–Kier alpha value is -1.72. The lowest BCUT2D eigenvalue weighted by Crippen LogP contribution is -2.37. The van der Waals surface area contributed by atoms with E-state index in [2.05, 4.69) is 0 Å². The number of aryl methyl sites for hydroxylation is 1. The van der Waals surface area contributed by atoms with Crippen molar-refractivity contribution >= 4 is 11.7 Å². The van der Waals surface area contributed by atoms with Gasteiger partial charge in [-0.25, -0.2) is 0 Å². The van der Waals surface area contributed by atoms with Crippen molar-refractivity contribution in [2.45, 2.75) is 45.3 Å². The Morgan fingerprint density at radius 3 is 2.33 bits per heavy atom. The number of halogens is 3. The molecule has 0 bridgehead atoms. The van der Waals surface area contributed by atoms with Crippen LogP contribution in [0.3, 0.4) is 0 Å². The molecule has 0 aliphatic heterocycles. The van der Waals surface area contributed by atoms with E-state index in [-0.39, 0.29) is 19.0 Å². The van der Waals surface area contributed by atoms with Gasteiger partial charge in [0.1, 0.15) is 6.54 Å². The number of aliphatic carboxylic acids is 1. The van der Waals surface area contributed by atoms with Crippen LogP contribution >= 0.6 is 0 Å². The Morgan fingerprint density at radius 2 is 1.86 bits per heavy atom. The van der Waals surface area contributed by atoms with E-state index in [1.165, 1.54) is 0 Å². The Morgan fingerprint density at radius 1 is 1.29 bits per heavy atom. The topological polar surface area (TPSA) is 40.5 Å². The van der Waals surface area contributed by atoms with Crippen molar-refractivity contribution in [1.29, 1.82) is 0 Å². The van der Waals surface area contributed by atoms with Crippen LogP contribution in [0.5, 0.6) is 0 Å². The van der Waals surface area contributed by atoms with Crippen LogP contribution in [-0.4, -0.2) is 29.8 Å². The average molecular weight is 303 g/mol. The summed E-state index contributed by atoms with van der Waals surface area (Å²) in [6.45, 7) is 3.44. The summed E-state index contributed by atoms with van der Waals surface area (Å²) in [5.74, 6) is -1.00. The van der Waals surface area contributed by atoms with Gasteiger partial charge < -0.3 is 10.0 Å². The van der Waals surface area contributed by atoms with E-state index in [1.807, 2.05) is 19.1 Å². The maximum absolute atomic E-state index is 12.2. The number of benzene rings is 1. The van der Waals surface area contributed by atoms with Crippen LogP contribution in [0.2, 0.25) is 0 Å². The molecular formula is C15H20F3NO2. The van der Waals surface area contributed by atoms with Crippen LogP contribution < -0.4 is 4.90 Å². The number of hydrogen-bond acceptors (Lipinski definition) is 2. The molecule has 6 heteroatoms. The minimum atomic E-state index is -4.17. The van der Waals surface area contributed by atoms with Crippen LogP contribution in [0.4, 0.5) is 18.9 Å². The first-order chi connectivity index (χ1) is 9.69. The zero-order chi connectivity index (χ0) is 16.0. The van der Waals surface area contributed by atoms with Gasteiger partial charge in [-0.05, 0) is 38.8 Å². The minimum absolute atomic E-state index is 0.00729. The van der Waals surface area contributed by atoms with Gasteiger partial charge in [0.15, 0.2) is 0 Å². The lowest BCUT2D eigenvalue weighted by atomic mass is 10.1. The van der Waals surface area contributed by atoms with Crippen LogP contribution in [-0.2, 0) is 4.79 Å². The molecule has 1 aromatic carbocycles. The highest BCUT2D eigenvalue weighted by Crippen LogP contribution is 2.25. The van der Waals surface area contributed by atoms with Crippen molar-refractivity contribution in [3.63, 3.8) is 0 Å². The summed E-state index contributed by atoms with van der Waals surface area (Å²) in [6.07, 6.45) is -4.72. The van der Waals surface area contributed by atoms with E-state index < -0.39 is 18.6 Å². The number of hydrogen-bond donors (Lipinski definition) is 1. The van der Waals surface area contributed by atoms with E-state index >= 15 is 0 Å². The molecule has 0 aliphatic rings. The molecule has 3 nitrogen and oxygen atoms in total. The summed E-state index contributed by atoms with van der Waals surface area (Å²) in [6, 6.07) is 7.02. The number of carbonyl (C=O) groups is 1. The SMILES string of the molecule is Cc1ccc(N(CC(=O)O)C(C)CCCC(F)(F)F)cc1. The van der Waals surface area contributed by atoms with Gasteiger partial charge in [0, 0.05) is 18.2 Å². The number of carboxylic acids is 1. The molecule has 0 fully saturated rings. The Bertz CT molecular complexity index is 457. The lowest BCUT2D eigenvalue weighted by Gasteiger charge is -2.30. The van der Waals surface area contributed by atoms with Crippen LogP contribution in [0.1, 0.15) is 31.7 Å². The summed E-state index contributed by atoms with van der Waals surface area (Å²) < 4.78 is 36.5. The highest BCUT2D eigenvalue weighted by molar-refractivity contribution is 5.74. The first-order valence-electron chi connectivity index (χ1n) is 6.81. The summed E-state index contributed by atoms with van der Waals surface area (Å²) in [4.78, 5) is 12.6. The van der Waals surface area contributed by atoms with Crippen molar-refractivity contribution in [3.05, 3.63) is 29.8 Å². The summed E-state index contributed by atoms with van der Waals surface area (Å²) >= 11 is 0. The zero-order valence-electron chi connectivity index (χ0n) is 12.2. The molecule has 1 N–H and O–H groups in total. The van der Waals surface area contributed by atoms with Gasteiger partial charge in [0.05, 0.1) is 0 Å². The number of rotatable bonds is 7. The Labute approximate surface area is 122 Å². The van der Waals surface area contributed by atoms with E-state index in [0.29, 0.717) is 12.1 Å². The molecule has 1 aromatic rings. The molecule has 0 heterocycles. The highest BCUT2D eigenvalue weighted by Gasteiger charge is 2.27.